The van der Waals surface area contributed by atoms with Crippen molar-refractivity contribution in [2.45, 2.75) is 18.6 Å². The summed E-state index contributed by atoms with van der Waals surface area (Å²) < 4.78 is 26.4. The highest BCUT2D eigenvalue weighted by Crippen LogP contribution is 2.36. The molecule has 0 spiro atoms. The van der Waals surface area contributed by atoms with Crippen LogP contribution in [0.4, 0.5) is 0 Å². The Labute approximate surface area is 159 Å². The molecule has 2 atom stereocenters. The topological polar surface area (TPSA) is 86.6 Å². The van der Waals surface area contributed by atoms with E-state index in [1.807, 2.05) is 0 Å². The molecule has 7 nitrogen and oxygen atoms in total. The maximum absolute atomic E-state index is 10.6. The fraction of sp³-hybridized carbons (Fsp3) is 0.400. The van der Waals surface area contributed by atoms with E-state index in [0.29, 0.717) is 34.1 Å². The van der Waals surface area contributed by atoms with E-state index in [9.17, 15) is 10.2 Å². The van der Waals surface area contributed by atoms with Gasteiger partial charge < -0.3 is 33.9 Å². The van der Waals surface area contributed by atoms with Crippen molar-refractivity contribution in [1.82, 2.24) is 0 Å². The van der Waals surface area contributed by atoms with E-state index in [4.69, 9.17) is 23.7 Å². The number of methoxy groups -OCH3 is 4. The number of rotatable bonds is 10. The minimum absolute atomic E-state index is 0.0256. The standard InChI is InChI=1S/C20H26O7/c1-23-12-27-19-10-15(25-3)9-18(26-4)16(19)11-17(21)20(22)13-6-5-7-14(8-13)24-2/h5-10,17,20-22H,11-12H2,1-4H3/t17-,20-/m1/s1. The molecule has 0 unspecified atom stereocenters. The van der Waals surface area contributed by atoms with Crippen molar-refractivity contribution in [2.24, 2.45) is 0 Å². The Kier molecular flexibility index (Phi) is 7.72. The quantitative estimate of drug-likeness (QED) is 0.614. The smallest absolute Gasteiger partial charge is 0.188 e. The van der Waals surface area contributed by atoms with E-state index in [-0.39, 0.29) is 13.2 Å². The van der Waals surface area contributed by atoms with Gasteiger partial charge in [-0.05, 0) is 17.7 Å². The Balaban J connectivity index is 2.30. The molecule has 0 aliphatic carbocycles. The lowest BCUT2D eigenvalue weighted by atomic mass is 9.97. The van der Waals surface area contributed by atoms with Crippen molar-refractivity contribution in [3.8, 4) is 23.0 Å². The minimum atomic E-state index is -1.11. The van der Waals surface area contributed by atoms with Gasteiger partial charge in [0.1, 0.15) is 29.1 Å². The molecular formula is C20H26O7. The van der Waals surface area contributed by atoms with Crippen LogP contribution >= 0.6 is 0 Å². The van der Waals surface area contributed by atoms with Crippen LogP contribution in [-0.4, -0.2) is 51.5 Å². The molecule has 0 aliphatic rings. The summed E-state index contributed by atoms with van der Waals surface area (Å²) in [6.07, 6.45) is -2.10. The predicted molar refractivity (Wildman–Crippen MR) is 99.7 cm³/mol. The lowest BCUT2D eigenvalue weighted by Crippen LogP contribution is -2.22. The Hall–Kier alpha value is -2.48. The summed E-state index contributed by atoms with van der Waals surface area (Å²) in [5.41, 5.74) is 1.15. The largest absolute Gasteiger partial charge is 0.497 e. The second-order valence-corrected chi connectivity index (χ2v) is 5.85. The van der Waals surface area contributed by atoms with Crippen LogP contribution in [0.5, 0.6) is 23.0 Å². The van der Waals surface area contributed by atoms with Gasteiger partial charge in [-0.1, -0.05) is 12.1 Å². The average Bonchev–Trinajstić information content (AvgIpc) is 2.71. The van der Waals surface area contributed by atoms with Crippen LogP contribution in [0, 0.1) is 0 Å². The van der Waals surface area contributed by atoms with Gasteiger partial charge in [0.05, 0.1) is 27.4 Å². The zero-order chi connectivity index (χ0) is 19.8. The van der Waals surface area contributed by atoms with Gasteiger partial charge in [-0.25, -0.2) is 0 Å². The van der Waals surface area contributed by atoms with Gasteiger partial charge >= 0.3 is 0 Å². The molecule has 0 amide bonds. The van der Waals surface area contributed by atoms with E-state index in [1.165, 1.54) is 21.3 Å². The van der Waals surface area contributed by atoms with Crippen molar-refractivity contribution in [2.75, 3.05) is 35.2 Å². The van der Waals surface area contributed by atoms with Crippen molar-refractivity contribution >= 4 is 0 Å². The van der Waals surface area contributed by atoms with Crippen LogP contribution in [0.1, 0.15) is 17.2 Å². The third-order valence-electron chi connectivity index (χ3n) is 4.14. The van der Waals surface area contributed by atoms with Crippen molar-refractivity contribution in [1.29, 1.82) is 0 Å². The molecule has 2 aromatic rings. The first kappa shape index (κ1) is 20.8. The fourth-order valence-electron chi connectivity index (χ4n) is 2.72. The molecule has 2 rings (SSSR count). The summed E-state index contributed by atoms with van der Waals surface area (Å²) in [7, 11) is 6.11. The lowest BCUT2D eigenvalue weighted by molar-refractivity contribution is 0.0166. The summed E-state index contributed by atoms with van der Waals surface area (Å²) in [4.78, 5) is 0. The minimum Gasteiger partial charge on any atom is -0.497 e. The maximum atomic E-state index is 10.6. The van der Waals surface area contributed by atoms with Crippen LogP contribution in [0.25, 0.3) is 0 Å². The number of aliphatic hydroxyl groups excluding tert-OH is 2. The second kappa shape index (κ2) is 10.0. The van der Waals surface area contributed by atoms with Gasteiger partial charge in [0, 0.05) is 31.2 Å². The molecule has 0 saturated heterocycles. The number of hydrogen-bond donors (Lipinski definition) is 2. The average molecular weight is 378 g/mol. The van der Waals surface area contributed by atoms with E-state index < -0.39 is 12.2 Å². The third-order valence-corrected chi connectivity index (χ3v) is 4.14. The van der Waals surface area contributed by atoms with Crippen LogP contribution in [-0.2, 0) is 11.2 Å². The van der Waals surface area contributed by atoms with E-state index >= 15 is 0 Å². The second-order valence-electron chi connectivity index (χ2n) is 5.85. The molecular weight excluding hydrogens is 352 g/mol. The summed E-state index contributed by atoms with van der Waals surface area (Å²) in [6.45, 7) is 0.0256. The molecule has 27 heavy (non-hydrogen) atoms. The first-order valence-electron chi connectivity index (χ1n) is 8.40. The lowest BCUT2D eigenvalue weighted by Gasteiger charge is -2.22. The highest BCUT2D eigenvalue weighted by atomic mass is 16.7. The molecule has 0 heterocycles. The number of ether oxygens (including phenoxy) is 5. The Morgan fingerprint density at radius 2 is 1.56 bits per heavy atom. The monoisotopic (exact) mass is 378 g/mol. The Morgan fingerprint density at radius 3 is 2.19 bits per heavy atom. The molecule has 2 N–H and O–H groups in total. The summed E-state index contributed by atoms with van der Waals surface area (Å²) >= 11 is 0. The number of aliphatic hydroxyl groups is 2. The van der Waals surface area contributed by atoms with Gasteiger partial charge in [-0.3, -0.25) is 0 Å². The third kappa shape index (κ3) is 5.26. The molecule has 2 aromatic carbocycles. The van der Waals surface area contributed by atoms with Gasteiger partial charge in [-0.2, -0.15) is 0 Å². The van der Waals surface area contributed by atoms with E-state index in [0.717, 1.165) is 0 Å². The SMILES string of the molecule is COCOc1cc(OC)cc(OC)c1C[C@@H](O)[C@H](O)c1cccc(OC)c1. The molecule has 0 aliphatic heterocycles. The van der Waals surface area contributed by atoms with Crippen molar-refractivity contribution in [3.05, 3.63) is 47.5 Å². The van der Waals surface area contributed by atoms with Gasteiger partial charge in [0.2, 0.25) is 0 Å². The summed E-state index contributed by atoms with van der Waals surface area (Å²) in [5, 5.41) is 21.2. The van der Waals surface area contributed by atoms with Crippen LogP contribution < -0.4 is 18.9 Å². The van der Waals surface area contributed by atoms with E-state index in [2.05, 4.69) is 0 Å². The van der Waals surface area contributed by atoms with Crippen LogP contribution in [0.2, 0.25) is 0 Å². The van der Waals surface area contributed by atoms with Crippen molar-refractivity contribution < 1.29 is 33.9 Å². The number of benzene rings is 2. The Morgan fingerprint density at radius 1 is 0.852 bits per heavy atom. The maximum Gasteiger partial charge on any atom is 0.188 e. The summed E-state index contributed by atoms with van der Waals surface area (Å²) in [6, 6.07) is 10.3. The first-order chi connectivity index (χ1) is 13.0. The molecule has 0 radical (unpaired) electrons. The van der Waals surface area contributed by atoms with Gasteiger partial charge in [-0.15, -0.1) is 0 Å². The normalized spacial score (nSPS) is 13.0. The van der Waals surface area contributed by atoms with E-state index in [1.54, 1.807) is 43.5 Å². The molecule has 148 valence electrons. The zero-order valence-corrected chi connectivity index (χ0v) is 16.0. The Bertz CT molecular complexity index is 732. The first-order valence-corrected chi connectivity index (χ1v) is 8.40. The molecule has 0 bridgehead atoms. The molecule has 7 heteroatoms. The van der Waals surface area contributed by atoms with Gasteiger partial charge in [0.15, 0.2) is 6.79 Å². The van der Waals surface area contributed by atoms with Crippen molar-refractivity contribution in [3.63, 3.8) is 0 Å². The van der Waals surface area contributed by atoms with Gasteiger partial charge in [0.25, 0.3) is 0 Å². The predicted octanol–water partition coefficient (Wildman–Crippen LogP) is 2.33. The molecule has 0 aromatic heterocycles. The highest BCUT2D eigenvalue weighted by molar-refractivity contribution is 5.51. The fourth-order valence-corrected chi connectivity index (χ4v) is 2.72. The molecule has 0 fully saturated rings. The van der Waals surface area contributed by atoms with Crippen LogP contribution in [0.15, 0.2) is 36.4 Å². The highest BCUT2D eigenvalue weighted by Gasteiger charge is 2.24. The number of hydrogen-bond acceptors (Lipinski definition) is 7. The summed E-state index contributed by atoms with van der Waals surface area (Å²) in [5.74, 6) is 2.08. The molecule has 0 saturated carbocycles. The van der Waals surface area contributed by atoms with Crippen LogP contribution in [0.3, 0.4) is 0 Å². The zero-order valence-electron chi connectivity index (χ0n) is 16.0.